The molecule has 0 aliphatic heterocycles. The number of hydrogen-bond donors (Lipinski definition) is 0. The molecule has 2 saturated carbocycles. The Morgan fingerprint density at radius 1 is 1.00 bits per heavy atom. The minimum Gasteiger partial charge on any atom is -0.207 e. The van der Waals surface area contributed by atoms with Gasteiger partial charge in [-0.25, -0.2) is 4.39 Å². The maximum Gasteiger partial charge on any atom is 0.266 e. The van der Waals surface area contributed by atoms with Crippen LogP contribution in [-0.4, -0.2) is 0 Å². The third kappa shape index (κ3) is 3.73. The van der Waals surface area contributed by atoms with Crippen LogP contribution in [0.5, 0.6) is 0 Å². The minimum absolute atomic E-state index is 0.00144. The summed E-state index contributed by atoms with van der Waals surface area (Å²) in [6, 6.07) is 4.08. The molecule has 0 radical (unpaired) electrons. The maximum atomic E-state index is 14.7. The van der Waals surface area contributed by atoms with Crippen LogP contribution < -0.4 is 0 Å². The van der Waals surface area contributed by atoms with Crippen molar-refractivity contribution in [2.75, 3.05) is 0 Å². The molecular weight excluding hydrogens is 333 g/mol. The quantitative estimate of drug-likeness (QED) is 0.530. The van der Waals surface area contributed by atoms with E-state index in [1.807, 2.05) is 0 Å². The molecule has 0 saturated heterocycles. The molecule has 0 N–H and O–H groups in total. The van der Waals surface area contributed by atoms with E-state index in [1.165, 1.54) is 17.2 Å². The van der Waals surface area contributed by atoms with Gasteiger partial charge in [0.1, 0.15) is 5.82 Å². The Bertz CT molecular complexity index is 689. The molecule has 2 fully saturated rings. The van der Waals surface area contributed by atoms with Gasteiger partial charge in [0.25, 0.3) is 6.08 Å². The van der Waals surface area contributed by atoms with Gasteiger partial charge in [-0.2, -0.15) is 8.78 Å². The van der Waals surface area contributed by atoms with E-state index in [1.54, 1.807) is 6.07 Å². The summed E-state index contributed by atoms with van der Waals surface area (Å²) < 4.78 is 39.8. The largest absolute Gasteiger partial charge is 0.266 e. The first-order valence-corrected chi connectivity index (χ1v) is 10.3. The van der Waals surface area contributed by atoms with Gasteiger partial charge >= 0.3 is 0 Å². The number of rotatable bonds is 2. The van der Waals surface area contributed by atoms with Crippen molar-refractivity contribution in [1.82, 2.24) is 0 Å². The van der Waals surface area contributed by atoms with Crippen LogP contribution in [0.15, 0.2) is 24.3 Å². The van der Waals surface area contributed by atoms with Crippen LogP contribution in [0.25, 0.3) is 0 Å². The fraction of sp³-hybridized carbons (Fsp3) is 0.652. The van der Waals surface area contributed by atoms with Crippen LogP contribution in [0, 0.1) is 29.5 Å². The molecule has 3 aliphatic carbocycles. The predicted molar refractivity (Wildman–Crippen MR) is 98.8 cm³/mol. The SMILES string of the molecule is CC1CCc2cc(C3CCC4CC(C=C(F)F)CCC4C3)cc(F)c2C1. The number of aryl methyl sites for hydroxylation is 1. The summed E-state index contributed by atoms with van der Waals surface area (Å²) >= 11 is 0. The first-order valence-electron chi connectivity index (χ1n) is 10.3. The second-order valence-electron chi connectivity index (χ2n) is 9.05. The van der Waals surface area contributed by atoms with Gasteiger partial charge in [-0.15, -0.1) is 0 Å². The van der Waals surface area contributed by atoms with E-state index in [0.29, 0.717) is 23.7 Å². The summed E-state index contributed by atoms with van der Waals surface area (Å²) in [5.74, 6) is 2.28. The summed E-state index contributed by atoms with van der Waals surface area (Å²) in [6.45, 7) is 2.21. The van der Waals surface area contributed by atoms with Crippen molar-refractivity contribution in [1.29, 1.82) is 0 Å². The van der Waals surface area contributed by atoms with Gasteiger partial charge in [0.05, 0.1) is 0 Å². The molecule has 5 atom stereocenters. The topological polar surface area (TPSA) is 0 Å². The van der Waals surface area contributed by atoms with E-state index in [9.17, 15) is 13.2 Å². The average molecular weight is 362 g/mol. The molecule has 0 aromatic heterocycles. The van der Waals surface area contributed by atoms with Crippen LogP contribution >= 0.6 is 0 Å². The van der Waals surface area contributed by atoms with E-state index in [-0.39, 0.29) is 11.7 Å². The number of allylic oxidation sites excluding steroid dienone is 1. The minimum atomic E-state index is -1.53. The van der Waals surface area contributed by atoms with Crippen molar-refractivity contribution in [2.45, 2.75) is 70.6 Å². The Morgan fingerprint density at radius 2 is 1.77 bits per heavy atom. The van der Waals surface area contributed by atoms with Crippen molar-refractivity contribution in [3.05, 3.63) is 46.8 Å². The van der Waals surface area contributed by atoms with E-state index in [4.69, 9.17) is 0 Å². The highest BCUT2D eigenvalue weighted by Gasteiger charge is 2.36. The average Bonchev–Trinajstić information content (AvgIpc) is 2.61. The third-order valence-electron chi connectivity index (χ3n) is 7.26. The lowest BCUT2D eigenvalue weighted by Crippen LogP contribution is -2.30. The molecule has 1 aromatic rings. The van der Waals surface area contributed by atoms with Crippen LogP contribution in [0.3, 0.4) is 0 Å². The lowest BCUT2D eigenvalue weighted by Gasteiger charge is -2.42. The monoisotopic (exact) mass is 362 g/mol. The van der Waals surface area contributed by atoms with Crippen LogP contribution in [0.1, 0.15) is 74.5 Å². The lowest BCUT2D eigenvalue weighted by atomic mass is 9.63. The second-order valence-corrected chi connectivity index (χ2v) is 9.05. The van der Waals surface area contributed by atoms with E-state index in [0.717, 1.165) is 63.4 Å². The summed E-state index contributed by atoms with van der Waals surface area (Å²) in [5.41, 5.74) is 3.36. The molecular formula is C23H29F3. The molecule has 142 valence electrons. The maximum absolute atomic E-state index is 14.7. The zero-order valence-electron chi connectivity index (χ0n) is 15.6. The fourth-order valence-corrected chi connectivity index (χ4v) is 5.81. The zero-order chi connectivity index (χ0) is 18.3. The molecule has 3 heteroatoms. The molecule has 0 nitrogen and oxygen atoms in total. The summed E-state index contributed by atoms with van der Waals surface area (Å²) in [4.78, 5) is 0. The Labute approximate surface area is 154 Å². The molecule has 1 aromatic carbocycles. The van der Waals surface area contributed by atoms with Gasteiger partial charge in [0.2, 0.25) is 0 Å². The van der Waals surface area contributed by atoms with Crippen molar-refractivity contribution in [3.8, 4) is 0 Å². The summed E-state index contributed by atoms with van der Waals surface area (Å²) in [5, 5.41) is 0. The number of hydrogen-bond acceptors (Lipinski definition) is 0. The standard InChI is InChI=1S/C23H29F3/c1-14-2-4-19-12-20(13-22(24)21(19)8-14)18-7-6-16-9-15(10-23(25)26)3-5-17(16)11-18/h10,12-18H,2-9,11H2,1H3. The van der Waals surface area contributed by atoms with Crippen molar-refractivity contribution in [2.24, 2.45) is 23.7 Å². The highest BCUT2D eigenvalue weighted by molar-refractivity contribution is 5.37. The lowest BCUT2D eigenvalue weighted by molar-refractivity contribution is 0.132. The molecule has 26 heavy (non-hydrogen) atoms. The third-order valence-corrected chi connectivity index (χ3v) is 7.26. The normalized spacial score (nSPS) is 33.9. The van der Waals surface area contributed by atoms with Gasteiger partial charge in [-0.3, -0.25) is 0 Å². The van der Waals surface area contributed by atoms with Crippen LogP contribution in [-0.2, 0) is 12.8 Å². The molecule has 0 heterocycles. The molecule has 0 bridgehead atoms. The molecule has 0 spiro atoms. The van der Waals surface area contributed by atoms with Gasteiger partial charge in [0.15, 0.2) is 0 Å². The Balaban J connectivity index is 1.47. The second kappa shape index (κ2) is 7.40. The van der Waals surface area contributed by atoms with Crippen LogP contribution in [0.2, 0.25) is 0 Å². The molecule has 5 unspecified atom stereocenters. The van der Waals surface area contributed by atoms with E-state index >= 15 is 0 Å². The van der Waals surface area contributed by atoms with Gasteiger partial charge < -0.3 is 0 Å². The Morgan fingerprint density at radius 3 is 2.58 bits per heavy atom. The zero-order valence-corrected chi connectivity index (χ0v) is 15.6. The Hall–Kier alpha value is -1.25. The van der Waals surface area contributed by atoms with Gasteiger partial charge in [0, 0.05) is 0 Å². The smallest absolute Gasteiger partial charge is 0.207 e. The number of halogens is 3. The highest BCUT2D eigenvalue weighted by Crippen LogP contribution is 2.48. The van der Waals surface area contributed by atoms with Gasteiger partial charge in [-0.1, -0.05) is 13.0 Å². The first kappa shape index (κ1) is 18.1. The molecule has 4 rings (SSSR count). The van der Waals surface area contributed by atoms with Crippen LogP contribution in [0.4, 0.5) is 13.2 Å². The summed E-state index contributed by atoms with van der Waals surface area (Å²) in [6.07, 6.45) is 8.78. The Kier molecular flexibility index (Phi) is 5.16. The van der Waals surface area contributed by atoms with Crippen molar-refractivity contribution in [3.63, 3.8) is 0 Å². The molecule has 0 amide bonds. The van der Waals surface area contributed by atoms with Crippen molar-refractivity contribution >= 4 is 0 Å². The van der Waals surface area contributed by atoms with Crippen molar-refractivity contribution < 1.29 is 13.2 Å². The number of benzene rings is 1. The predicted octanol–water partition coefficient (Wildman–Crippen LogP) is 7.03. The van der Waals surface area contributed by atoms with E-state index < -0.39 is 6.08 Å². The first-order chi connectivity index (χ1) is 12.5. The van der Waals surface area contributed by atoms with E-state index in [2.05, 4.69) is 13.0 Å². The summed E-state index contributed by atoms with van der Waals surface area (Å²) in [7, 11) is 0. The fourth-order valence-electron chi connectivity index (χ4n) is 5.81. The number of fused-ring (bicyclic) bond motifs is 2. The highest BCUT2D eigenvalue weighted by atomic mass is 19.3. The molecule has 3 aliphatic rings. The van der Waals surface area contributed by atoms with Gasteiger partial charge in [-0.05, 0) is 116 Å².